The molecule has 1 saturated heterocycles. The van der Waals surface area contributed by atoms with Crippen LogP contribution in [0.3, 0.4) is 0 Å². The third-order valence-electron chi connectivity index (χ3n) is 5.82. The van der Waals surface area contributed by atoms with Crippen LogP contribution in [0.5, 0.6) is 0 Å². The number of amides is 2. The van der Waals surface area contributed by atoms with Gasteiger partial charge in [-0.2, -0.15) is 17.4 Å². The Balaban J connectivity index is 1.70. The summed E-state index contributed by atoms with van der Waals surface area (Å²) < 4.78 is 68.5. The number of carbonyl (C=O) groups excluding carboxylic acids is 2. The van der Waals surface area contributed by atoms with Gasteiger partial charge in [-0.1, -0.05) is 24.3 Å². The molecule has 2 fully saturated rings. The normalized spacial score (nSPS) is 18.4. The highest BCUT2D eigenvalue weighted by Gasteiger charge is 2.47. The van der Waals surface area contributed by atoms with E-state index in [1.807, 2.05) is 0 Å². The van der Waals surface area contributed by atoms with E-state index < -0.39 is 65.2 Å². The molecule has 1 aliphatic carbocycles. The van der Waals surface area contributed by atoms with Gasteiger partial charge in [0.2, 0.25) is 11.8 Å². The second-order valence-electron chi connectivity index (χ2n) is 8.58. The number of halogens is 3. The Morgan fingerprint density at radius 1 is 1.23 bits per heavy atom. The number of carbonyl (C=O) groups is 2. The Morgan fingerprint density at radius 3 is 2.51 bits per heavy atom. The lowest BCUT2D eigenvalue weighted by Gasteiger charge is -2.38. The van der Waals surface area contributed by atoms with E-state index in [0.717, 1.165) is 27.7 Å². The SMILES string of the molecule is Cc1ccccc1C(C(=O)NC1CC(F)(F)C1)N(C(=O)CNS(=O)(=O)N1CC1)c1cncc(F)c1. The smallest absolute Gasteiger partial charge is 0.280 e. The number of hydrogen-bond donors (Lipinski definition) is 2. The molecule has 2 amide bonds. The zero-order valence-electron chi connectivity index (χ0n) is 18.7. The number of alkyl halides is 2. The molecule has 4 rings (SSSR count). The first-order chi connectivity index (χ1) is 16.5. The van der Waals surface area contributed by atoms with E-state index in [0.29, 0.717) is 24.2 Å². The van der Waals surface area contributed by atoms with Crippen LogP contribution in [-0.2, 0) is 19.8 Å². The lowest BCUT2D eigenvalue weighted by atomic mass is 9.87. The van der Waals surface area contributed by atoms with E-state index in [4.69, 9.17) is 0 Å². The number of pyridine rings is 1. The lowest BCUT2D eigenvalue weighted by molar-refractivity contribution is -0.132. The minimum atomic E-state index is -3.89. The Kier molecular flexibility index (Phi) is 6.84. The average molecular weight is 512 g/mol. The first-order valence-electron chi connectivity index (χ1n) is 10.9. The number of aryl methyl sites for hydroxylation is 1. The third-order valence-corrected chi connectivity index (χ3v) is 7.37. The Hall–Kier alpha value is -3.03. The van der Waals surface area contributed by atoms with Crippen molar-refractivity contribution in [1.29, 1.82) is 0 Å². The van der Waals surface area contributed by atoms with Crippen molar-refractivity contribution < 1.29 is 31.2 Å². The van der Waals surface area contributed by atoms with Crippen molar-refractivity contribution in [3.63, 3.8) is 0 Å². The van der Waals surface area contributed by atoms with Gasteiger partial charge in [0.1, 0.15) is 11.9 Å². The molecule has 35 heavy (non-hydrogen) atoms. The number of nitrogens with one attached hydrogen (secondary N) is 2. The maximum Gasteiger partial charge on any atom is 0.280 e. The van der Waals surface area contributed by atoms with E-state index in [1.165, 1.54) is 0 Å². The molecule has 2 aromatic rings. The van der Waals surface area contributed by atoms with Gasteiger partial charge < -0.3 is 5.32 Å². The van der Waals surface area contributed by atoms with Gasteiger partial charge in [-0.05, 0) is 18.1 Å². The number of rotatable bonds is 9. The van der Waals surface area contributed by atoms with Crippen LogP contribution in [-0.4, -0.2) is 61.1 Å². The fraction of sp³-hybridized carbons (Fsp3) is 0.409. The predicted octanol–water partition coefficient (Wildman–Crippen LogP) is 1.67. The zero-order valence-corrected chi connectivity index (χ0v) is 19.6. The number of benzene rings is 1. The van der Waals surface area contributed by atoms with Crippen molar-refractivity contribution >= 4 is 27.7 Å². The number of nitrogens with zero attached hydrogens (tertiary/aromatic N) is 3. The standard InChI is InChI=1S/C22H24F3N5O4S/c1-14-4-2-3-5-18(14)20(21(32)28-16-9-22(24,25)10-16)30(17-8-15(23)11-26-12-17)19(31)13-27-35(33,34)29-6-7-29/h2-5,8,11-12,16,20,27H,6-7,9-10,13H2,1H3,(H,28,32). The first-order valence-corrected chi connectivity index (χ1v) is 12.3. The van der Waals surface area contributed by atoms with Crippen LogP contribution in [0.2, 0.25) is 0 Å². The summed E-state index contributed by atoms with van der Waals surface area (Å²) in [6, 6.07) is 5.43. The summed E-state index contributed by atoms with van der Waals surface area (Å²) in [5.41, 5.74) is 0.879. The van der Waals surface area contributed by atoms with Gasteiger partial charge in [0.15, 0.2) is 0 Å². The Bertz CT molecular complexity index is 1230. The molecule has 0 bridgehead atoms. The zero-order chi connectivity index (χ0) is 25.4. The molecule has 2 aliphatic rings. The molecule has 1 aliphatic heterocycles. The highest BCUT2D eigenvalue weighted by Crippen LogP contribution is 2.38. The second kappa shape index (κ2) is 9.55. The van der Waals surface area contributed by atoms with Gasteiger partial charge in [0.05, 0.1) is 24.6 Å². The van der Waals surface area contributed by atoms with Crippen LogP contribution in [0.15, 0.2) is 42.7 Å². The van der Waals surface area contributed by atoms with Crippen LogP contribution in [0.25, 0.3) is 0 Å². The second-order valence-corrected chi connectivity index (χ2v) is 10.3. The van der Waals surface area contributed by atoms with Crippen LogP contribution in [0.4, 0.5) is 18.9 Å². The molecular formula is C22H24F3N5O4S. The monoisotopic (exact) mass is 511 g/mol. The molecule has 9 nitrogen and oxygen atoms in total. The van der Waals surface area contributed by atoms with Gasteiger partial charge in [-0.25, -0.2) is 13.2 Å². The fourth-order valence-electron chi connectivity index (χ4n) is 3.91. The summed E-state index contributed by atoms with van der Waals surface area (Å²) in [5, 5.41) is 2.54. The molecule has 0 spiro atoms. The fourth-order valence-corrected chi connectivity index (χ4v) is 4.97. The van der Waals surface area contributed by atoms with Crippen LogP contribution >= 0.6 is 0 Å². The predicted molar refractivity (Wildman–Crippen MR) is 120 cm³/mol. The number of aromatic nitrogens is 1. The molecule has 2 heterocycles. The summed E-state index contributed by atoms with van der Waals surface area (Å²) in [5.74, 6) is -5.28. The van der Waals surface area contributed by atoms with Crippen LogP contribution in [0.1, 0.15) is 30.0 Å². The summed E-state index contributed by atoms with van der Waals surface area (Å²) >= 11 is 0. The molecule has 1 aromatic carbocycles. The van der Waals surface area contributed by atoms with E-state index >= 15 is 0 Å². The average Bonchev–Trinajstić information content (AvgIpc) is 3.61. The Labute approximate surface area is 200 Å². The van der Waals surface area contributed by atoms with Crippen LogP contribution < -0.4 is 14.9 Å². The number of hydrogen-bond acceptors (Lipinski definition) is 5. The maximum atomic E-state index is 14.1. The highest BCUT2D eigenvalue weighted by molar-refractivity contribution is 7.87. The molecule has 13 heteroatoms. The number of anilines is 1. The van der Waals surface area contributed by atoms with Crippen molar-refractivity contribution in [1.82, 2.24) is 19.3 Å². The Morgan fingerprint density at radius 2 is 1.91 bits per heavy atom. The van der Waals surface area contributed by atoms with Gasteiger partial charge in [-0.3, -0.25) is 19.5 Å². The van der Waals surface area contributed by atoms with E-state index in [9.17, 15) is 31.2 Å². The molecule has 188 valence electrons. The van der Waals surface area contributed by atoms with Gasteiger partial charge in [0, 0.05) is 38.0 Å². The molecular weight excluding hydrogens is 487 g/mol. The summed E-state index contributed by atoms with van der Waals surface area (Å²) in [6.45, 7) is 1.62. The maximum absolute atomic E-state index is 14.1. The van der Waals surface area contributed by atoms with Gasteiger partial charge >= 0.3 is 0 Å². The van der Waals surface area contributed by atoms with Crippen molar-refractivity contribution in [2.45, 2.75) is 37.8 Å². The van der Waals surface area contributed by atoms with Crippen molar-refractivity contribution in [2.75, 3.05) is 24.5 Å². The molecule has 1 unspecified atom stereocenters. The summed E-state index contributed by atoms with van der Waals surface area (Å²) in [7, 11) is -3.89. The van der Waals surface area contributed by atoms with E-state index in [-0.39, 0.29) is 5.69 Å². The van der Waals surface area contributed by atoms with Crippen molar-refractivity contribution in [3.05, 3.63) is 59.7 Å². The van der Waals surface area contributed by atoms with Crippen molar-refractivity contribution in [3.8, 4) is 0 Å². The minimum absolute atomic E-state index is 0.0942. The van der Waals surface area contributed by atoms with Gasteiger partial charge in [0.25, 0.3) is 16.1 Å². The lowest BCUT2D eigenvalue weighted by Crippen LogP contribution is -2.55. The highest BCUT2D eigenvalue weighted by atomic mass is 32.2. The minimum Gasteiger partial charge on any atom is -0.351 e. The summed E-state index contributed by atoms with van der Waals surface area (Å²) in [6.07, 6.45) is 0.999. The van der Waals surface area contributed by atoms with Crippen molar-refractivity contribution in [2.24, 2.45) is 0 Å². The molecule has 1 atom stereocenters. The van der Waals surface area contributed by atoms with Gasteiger partial charge in [-0.15, -0.1) is 0 Å². The quantitative estimate of drug-likeness (QED) is 0.498. The summed E-state index contributed by atoms with van der Waals surface area (Å²) in [4.78, 5) is 31.5. The molecule has 1 aromatic heterocycles. The molecule has 2 N–H and O–H groups in total. The van der Waals surface area contributed by atoms with Crippen LogP contribution in [0, 0.1) is 12.7 Å². The third kappa shape index (κ3) is 5.80. The largest absolute Gasteiger partial charge is 0.351 e. The molecule has 1 saturated carbocycles. The van der Waals surface area contributed by atoms with E-state index in [2.05, 4.69) is 15.0 Å². The first kappa shape index (κ1) is 25.1. The topological polar surface area (TPSA) is 111 Å². The molecule has 0 radical (unpaired) electrons. The van der Waals surface area contributed by atoms with E-state index in [1.54, 1.807) is 31.2 Å².